The summed E-state index contributed by atoms with van der Waals surface area (Å²) in [7, 11) is 0. The molecule has 0 bridgehead atoms. The van der Waals surface area contributed by atoms with Gasteiger partial charge in [-0.25, -0.2) is 9.97 Å². The molecule has 0 aliphatic rings. The lowest BCUT2D eigenvalue weighted by atomic mass is 10.2. The zero-order chi connectivity index (χ0) is 12.3. The molecule has 17 heavy (non-hydrogen) atoms. The van der Waals surface area contributed by atoms with E-state index in [0.717, 1.165) is 22.4 Å². The van der Waals surface area contributed by atoms with Crippen molar-refractivity contribution in [2.75, 3.05) is 5.32 Å². The van der Waals surface area contributed by atoms with Gasteiger partial charge >= 0.3 is 0 Å². The first-order chi connectivity index (χ1) is 8.15. The Morgan fingerprint density at radius 2 is 2.35 bits per heavy atom. The number of rotatable bonds is 4. The van der Waals surface area contributed by atoms with Gasteiger partial charge in [0.15, 0.2) is 0 Å². The summed E-state index contributed by atoms with van der Waals surface area (Å²) in [5.74, 6) is 0.931. The normalized spacial score (nSPS) is 12.4. The number of imidazole rings is 1. The monoisotopic (exact) mass is 294 g/mol. The third-order valence-corrected chi connectivity index (χ3v) is 2.91. The zero-order valence-corrected chi connectivity index (χ0v) is 11.5. The van der Waals surface area contributed by atoms with E-state index in [1.54, 1.807) is 12.4 Å². The number of anilines is 1. The van der Waals surface area contributed by atoms with E-state index in [1.807, 2.05) is 24.0 Å². The minimum absolute atomic E-state index is 0.302. The smallest absolute Gasteiger partial charge is 0.129 e. The van der Waals surface area contributed by atoms with Crippen LogP contribution in [-0.2, 0) is 6.54 Å². The van der Waals surface area contributed by atoms with Gasteiger partial charge in [-0.15, -0.1) is 0 Å². The Labute approximate surface area is 109 Å². The number of hydrogen-bond acceptors (Lipinski definition) is 3. The van der Waals surface area contributed by atoms with Gasteiger partial charge in [0, 0.05) is 35.6 Å². The molecule has 4 nitrogen and oxygen atoms in total. The summed E-state index contributed by atoms with van der Waals surface area (Å²) in [5, 5.41) is 3.40. The summed E-state index contributed by atoms with van der Waals surface area (Å²) in [6, 6.07) is 2.36. The summed E-state index contributed by atoms with van der Waals surface area (Å²) in [6.07, 6.45) is 7.37. The van der Waals surface area contributed by atoms with E-state index in [1.165, 1.54) is 0 Å². The van der Waals surface area contributed by atoms with Crippen molar-refractivity contribution in [3.05, 3.63) is 41.0 Å². The molecule has 2 aromatic heterocycles. The Hall–Kier alpha value is -1.36. The van der Waals surface area contributed by atoms with Crippen LogP contribution in [0.2, 0.25) is 0 Å². The Bertz CT molecular complexity index is 481. The van der Waals surface area contributed by atoms with Gasteiger partial charge in [-0.05, 0) is 41.4 Å². The van der Waals surface area contributed by atoms with E-state index in [9.17, 15) is 0 Å². The number of aryl methyl sites for hydroxylation is 1. The highest BCUT2D eigenvalue weighted by atomic mass is 79.9. The van der Waals surface area contributed by atoms with Gasteiger partial charge in [-0.3, -0.25) is 0 Å². The van der Waals surface area contributed by atoms with Gasteiger partial charge in [0.1, 0.15) is 5.82 Å². The number of nitrogens with zero attached hydrogens (tertiary/aromatic N) is 3. The number of hydrogen-bond donors (Lipinski definition) is 1. The fourth-order valence-corrected chi connectivity index (χ4v) is 2.13. The topological polar surface area (TPSA) is 42.7 Å². The molecular weight excluding hydrogens is 280 g/mol. The summed E-state index contributed by atoms with van der Waals surface area (Å²) >= 11 is 3.41. The van der Waals surface area contributed by atoms with E-state index >= 15 is 0 Å². The molecule has 2 aromatic rings. The molecule has 5 heteroatoms. The molecule has 1 atom stereocenters. The standard InChI is InChI=1S/C12H15BrN4/c1-9-5-11(13)6-15-12(9)16-10(2)7-17-4-3-14-8-17/h3-6,8,10H,7H2,1-2H3,(H,15,16). The van der Waals surface area contributed by atoms with E-state index < -0.39 is 0 Å². The largest absolute Gasteiger partial charge is 0.366 e. The number of aromatic nitrogens is 3. The van der Waals surface area contributed by atoms with Gasteiger partial charge < -0.3 is 9.88 Å². The van der Waals surface area contributed by atoms with Gasteiger partial charge in [0.25, 0.3) is 0 Å². The van der Waals surface area contributed by atoms with Crippen LogP contribution < -0.4 is 5.32 Å². The third-order valence-electron chi connectivity index (χ3n) is 2.47. The van der Waals surface area contributed by atoms with Crippen molar-refractivity contribution in [2.24, 2.45) is 0 Å². The van der Waals surface area contributed by atoms with Gasteiger partial charge in [0.2, 0.25) is 0 Å². The zero-order valence-electron chi connectivity index (χ0n) is 9.89. The highest BCUT2D eigenvalue weighted by Gasteiger charge is 2.06. The molecule has 90 valence electrons. The number of pyridine rings is 1. The highest BCUT2D eigenvalue weighted by Crippen LogP contribution is 2.17. The van der Waals surface area contributed by atoms with E-state index in [2.05, 4.69) is 44.2 Å². The summed E-state index contributed by atoms with van der Waals surface area (Å²) in [4.78, 5) is 8.39. The Balaban J connectivity index is 2.00. The molecule has 0 fully saturated rings. The molecule has 0 amide bonds. The van der Waals surface area contributed by atoms with E-state index in [4.69, 9.17) is 0 Å². The Kier molecular flexibility index (Phi) is 3.78. The van der Waals surface area contributed by atoms with Crippen molar-refractivity contribution in [3.63, 3.8) is 0 Å². The molecule has 0 spiro atoms. The lowest BCUT2D eigenvalue weighted by molar-refractivity contribution is 0.616. The maximum absolute atomic E-state index is 4.36. The van der Waals surface area contributed by atoms with Crippen molar-refractivity contribution >= 4 is 21.7 Å². The highest BCUT2D eigenvalue weighted by molar-refractivity contribution is 9.10. The van der Waals surface area contributed by atoms with Crippen LogP contribution in [0.25, 0.3) is 0 Å². The lowest BCUT2D eigenvalue weighted by Gasteiger charge is -2.16. The quantitative estimate of drug-likeness (QED) is 0.943. The first-order valence-corrected chi connectivity index (χ1v) is 6.29. The second kappa shape index (κ2) is 5.31. The lowest BCUT2D eigenvalue weighted by Crippen LogP contribution is -2.22. The second-order valence-corrected chi connectivity index (χ2v) is 5.04. The summed E-state index contributed by atoms with van der Waals surface area (Å²) in [6.45, 7) is 5.05. The predicted molar refractivity (Wildman–Crippen MR) is 72.0 cm³/mol. The molecule has 0 aliphatic heterocycles. The molecule has 0 aliphatic carbocycles. The van der Waals surface area contributed by atoms with Crippen LogP contribution in [0.5, 0.6) is 0 Å². The van der Waals surface area contributed by atoms with Crippen molar-refractivity contribution in [1.29, 1.82) is 0 Å². The SMILES string of the molecule is Cc1cc(Br)cnc1NC(C)Cn1ccnc1. The van der Waals surface area contributed by atoms with Crippen molar-refractivity contribution in [1.82, 2.24) is 14.5 Å². The maximum atomic E-state index is 4.36. The summed E-state index contributed by atoms with van der Waals surface area (Å²) in [5.41, 5.74) is 1.14. The van der Waals surface area contributed by atoms with Gasteiger partial charge in [-0.1, -0.05) is 0 Å². The van der Waals surface area contributed by atoms with E-state index in [-0.39, 0.29) is 0 Å². The van der Waals surface area contributed by atoms with Gasteiger partial charge in [-0.2, -0.15) is 0 Å². The molecule has 2 rings (SSSR count). The van der Waals surface area contributed by atoms with Crippen molar-refractivity contribution < 1.29 is 0 Å². The van der Waals surface area contributed by atoms with Crippen LogP contribution in [0, 0.1) is 6.92 Å². The molecule has 0 radical (unpaired) electrons. The first-order valence-electron chi connectivity index (χ1n) is 5.49. The molecule has 2 heterocycles. The first kappa shape index (κ1) is 12.1. The van der Waals surface area contributed by atoms with Crippen molar-refractivity contribution in [2.45, 2.75) is 26.4 Å². The van der Waals surface area contributed by atoms with Crippen LogP contribution >= 0.6 is 15.9 Å². The third kappa shape index (κ3) is 3.30. The predicted octanol–water partition coefficient (Wildman–Crippen LogP) is 2.85. The Morgan fingerprint density at radius 3 is 3.00 bits per heavy atom. The maximum Gasteiger partial charge on any atom is 0.129 e. The number of nitrogens with one attached hydrogen (secondary N) is 1. The minimum Gasteiger partial charge on any atom is -0.366 e. The fraction of sp³-hybridized carbons (Fsp3) is 0.333. The summed E-state index contributed by atoms with van der Waals surface area (Å²) < 4.78 is 3.05. The fourth-order valence-electron chi connectivity index (χ4n) is 1.68. The molecule has 0 saturated heterocycles. The minimum atomic E-state index is 0.302. The Morgan fingerprint density at radius 1 is 1.53 bits per heavy atom. The second-order valence-electron chi connectivity index (χ2n) is 4.12. The number of halogens is 1. The van der Waals surface area contributed by atoms with Crippen LogP contribution in [0.15, 0.2) is 35.5 Å². The van der Waals surface area contributed by atoms with Crippen molar-refractivity contribution in [3.8, 4) is 0 Å². The average molecular weight is 295 g/mol. The molecule has 0 aromatic carbocycles. The van der Waals surface area contributed by atoms with Crippen LogP contribution in [0.3, 0.4) is 0 Å². The van der Waals surface area contributed by atoms with E-state index in [0.29, 0.717) is 6.04 Å². The molecule has 1 N–H and O–H groups in total. The van der Waals surface area contributed by atoms with Crippen LogP contribution in [0.4, 0.5) is 5.82 Å². The average Bonchev–Trinajstić information content (AvgIpc) is 2.75. The molecule has 0 saturated carbocycles. The van der Waals surface area contributed by atoms with Gasteiger partial charge in [0.05, 0.1) is 6.33 Å². The van der Waals surface area contributed by atoms with Crippen LogP contribution in [-0.4, -0.2) is 20.6 Å². The van der Waals surface area contributed by atoms with Crippen LogP contribution in [0.1, 0.15) is 12.5 Å². The molecule has 1 unspecified atom stereocenters. The molecular formula is C12H15BrN4.